The van der Waals surface area contributed by atoms with E-state index in [-0.39, 0.29) is 45.4 Å². The fourth-order valence-electron chi connectivity index (χ4n) is 7.63. The third kappa shape index (κ3) is 6.64. The Hall–Kier alpha value is -4.84. The molecule has 2 fully saturated rings. The fourth-order valence-corrected chi connectivity index (χ4v) is 9.24. The van der Waals surface area contributed by atoms with Gasteiger partial charge in [-0.15, -0.1) is 0 Å². The number of amides is 3. The number of fused-ring (bicyclic) bond motifs is 1. The highest BCUT2D eigenvalue weighted by atomic mass is 32.2. The Bertz CT molecular complexity index is 1950. The van der Waals surface area contributed by atoms with Gasteiger partial charge in [0.05, 0.1) is 38.1 Å². The van der Waals surface area contributed by atoms with Crippen LogP contribution in [0.2, 0.25) is 0 Å². The number of sulfonamides is 1. The maximum absolute atomic E-state index is 15.2. The number of hydrogen-bond acceptors (Lipinski definition) is 10. The molecule has 1 N–H and O–H groups in total. The number of benzene rings is 3. The number of piperidine rings is 1. The zero-order valence-corrected chi connectivity index (χ0v) is 30.9. The molecule has 0 bridgehead atoms. The monoisotopic (exact) mass is 730 g/mol. The quantitative estimate of drug-likeness (QED) is 0.306. The molecule has 3 aliphatic rings. The van der Waals surface area contributed by atoms with Gasteiger partial charge in [-0.05, 0) is 69.1 Å². The Morgan fingerprint density at radius 3 is 2.31 bits per heavy atom. The van der Waals surface area contributed by atoms with E-state index >= 15 is 4.79 Å². The second-order valence-corrected chi connectivity index (χ2v) is 14.9. The molecular weight excluding hydrogens is 685 g/mol. The summed E-state index contributed by atoms with van der Waals surface area (Å²) >= 11 is 0. The Kier molecular flexibility index (Phi) is 10.9. The minimum Gasteiger partial charge on any atom is -0.497 e. The van der Waals surface area contributed by atoms with Crippen LogP contribution in [0.25, 0.3) is 0 Å². The van der Waals surface area contributed by atoms with E-state index in [0.717, 1.165) is 52.0 Å². The van der Waals surface area contributed by atoms with Crippen molar-refractivity contribution >= 4 is 27.6 Å². The van der Waals surface area contributed by atoms with Crippen LogP contribution in [0, 0.1) is 11.3 Å². The van der Waals surface area contributed by atoms with E-state index in [0.29, 0.717) is 29.2 Å². The number of rotatable bonds is 11. The number of anilines is 1. The Morgan fingerprint density at radius 1 is 0.923 bits per heavy atom. The summed E-state index contributed by atoms with van der Waals surface area (Å²) in [5.74, 6) is -0.337. The van der Waals surface area contributed by atoms with E-state index < -0.39 is 27.5 Å². The lowest BCUT2D eigenvalue weighted by Crippen LogP contribution is -2.59. The van der Waals surface area contributed by atoms with Gasteiger partial charge in [0.15, 0.2) is 5.54 Å². The summed E-state index contributed by atoms with van der Waals surface area (Å²) < 4.78 is 46.7. The van der Waals surface area contributed by atoms with Gasteiger partial charge in [0.2, 0.25) is 0 Å². The van der Waals surface area contributed by atoms with Crippen LogP contribution in [0.1, 0.15) is 49.8 Å². The molecule has 6 rings (SSSR count). The third-order valence-electron chi connectivity index (χ3n) is 10.2. The van der Waals surface area contributed by atoms with Crippen LogP contribution >= 0.6 is 0 Å². The third-order valence-corrected chi connectivity index (χ3v) is 12.0. The van der Waals surface area contributed by atoms with Crippen molar-refractivity contribution in [3.05, 3.63) is 77.4 Å². The van der Waals surface area contributed by atoms with Crippen molar-refractivity contribution in [1.29, 1.82) is 5.26 Å². The summed E-state index contributed by atoms with van der Waals surface area (Å²) in [6.07, 6.45) is 2.67. The first-order chi connectivity index (χ1) is 25.1. The molecule has 0 aliphatic carbocycles. The molecule has 3 aliphatic heterocycles. The molecule has 14 heteroatoms. The van der Waals surface area contributed by atoms with E-state index in [1.807, 2.05) is 0 Å². The first-order valence-electron chi connectivity index (χ1n) is 17.7. The summed E-state index contributed by atoms with van der Waals surface area (Å²) in [6.45, 7) is 10.3. The average Bonchev–Trinajstić information content (AvgIpc) is 3.42. The lowest BCUT2D eigenvalue weighted by molar-refractivity contribution is -0.121. The summed E-state index contributed by atoms with van der Waals surface area (Å²) in [6, 6.07) is 17.2. The average molecular weight is 731 g/mol. The number of ether oxygens (including phenoxy) is 3. The lowest BCUT2D eigenvalue weighted by atomic mass is 9.82. The summed E-state index contributed by atoms with van der Waals surface area (Å²) in [5.41, 5.74) is -1.53. The van der Waals surface area contributed by atoms with Crippen LogP contribution in [0.15, 0.2) is 65.6 Å². The predicted molar refractivity (Wildman–Crippen MR) is 195 cm³/mol. The summed E-state index contributed by atoms with van der Waals surface area (Å²) in [5, 5.41) is 13.0. The molecule has 3 aromatic carbocycles. The fraction of sp³-hybridized carbons (Fsp3) is 0.447. The molecule has 1 unspecified atom stereocenters. The number of piperazine rings is 1. The van der Waals surface area contributed by atoms with E-state index in [9.17, 15) is 18.5 Å². The molecule has 3 amide bonds. The van der Waals surface area contributed by atoms with E-state index in [1.165, 1.54) is 50.6 Å². The first kappa shape index (κ1) is 36.9. The smallest absolute Gasteiger partial charge is 0.318 e. The highest BCUT2D eigenvalue weighted by molar-refractivity contribution is 7.93. The Labute approximate surface area is 305 Å². The molecule has 3 heterocycles. The van der Waals surface area contributed by atoms with E-state index in [4.69, 9.17) is 14.2 Å². The number of para-hydroxylation sites is 1. The van der Waals surface area contributed by atoms with Crippen molar-refractivity contribution in [1.82, 2.24) is 20.0 Å². The van der Waals surface area contributed by atoms with Crippen molar-refractivity contribution in [2.24, 2.45) is 0 Å². The van der Waals surface area contributed by atoms with Crippen molar-refractivity contribution in [3.63, 3.8) is 0 Å². The topological polar surface area (TPSA) is 145 Å². The second kappa shape index (κ2) is 15.4. The molecule has 276 valence electrons. The van der Waals surface area contributed by atoms with Crippen molar-refractivity contribution in [2.75, 3.05) is 70.9 Å². The van der Waals surface area contributed by atoms with Gasteiger partial charge >= 0.3 is 6.03 Å². The molecule has 0 spiro atoms. The number of carbonyl (C=O) groups is 2. The molecule has 52 heavy (non-hydrogen) atoms. The van der Waals surface area contributed by atoms with Crippen molar-refractivity contribution < 1.29 is 32.2 Å². The van der Waals surface area contributed by atoms with Gasteiger partial charge < -0.3 is 29.3 Å². The number of nitrogens with one attached hydrogen (secondary N) is 1. The number of methoxy groups -OCH3 is 2. The van der Waals surface area contributed by atoms with Crippen LogP contribution in [0.3, 0.4) is 0 Å². The highest BCUT2D eigenvalue weighted by Crippen LogP contribution is 2.50. The van der Waals surface area contributed by atoms with Gasteiger partial charge in [0, 0.05) is 62.5 Å². The minimum absolute atomic E-state index is 0.00519. The number of hydrogen-bond donors (Lipinski definition) is 1. The van der Waals surface area contributed by atoms with Crippen LogP contribution in [-0.4, -0.2) is 108 Å². The van der Waals surface area contributed by atoms with Gasteiger partial charge in [-0.3, -0.25) is 9.69 Å². The predicted octanol–water partition coefficient (Wildman–Crippen LogP) is 4.15. The SMILES string of the molecule is CCCN1CCN(C2CCN(C(=O)NC3(c4ccccc4OCC)C(=O)N(S(=O)(=O)c4ccc(OC)cc4OC)c4ccc(C#N)cc43)CC2)CC1. The number of nitriles is 1. The molecule has 0 saturated carbocycles. The number of likely N-dealkylation sites (tertiary alicyclic amines) is 1. The second-order valence-electron chi connectivity index (χ2n) is 13.1. The van der Waals surface area contributed by atoms with Gasteiger partial charge in [0.1, 0.15) is 22.1 Å². The number of nitrogens with zero attached hydrogens (tertiary/aromatic N) is 5. The molecule has 3 aromatic rings. The molecule has 2 saturated heterocycles. The zero-order chi connectivity index (χ0) is 37.0. The first-order valence-corrected chi connectivity index (χ1v) is 19.2. The standard InChI is InChI=1S/C38H46N6O7S/c1-5-17-41-20-22-42(23-21-41)28-15-18-43(19-16-28)37(46)40-38(30-9-7-8-10-33(30)51-6-2)31-24-27(26-39)11-13-32(31)44(36(38)45)52(47,48)35-14-12-29(49-3)25-34(35)50-4/h7-14,24-25,28H,5-6,15-23H2,1-4H3,(H,40,46). The summed E-state index contributed by atoms with van der Waals surface area (Å²) in [7, 11) is -1.91. The van der Waals surface area contributed by atoms with Crippen LogP contribution in [0.4, 0.5) is 10.5 Å². The summed E-state index contributed by atoms with van der Waals surface area (Å²) in [4.78, 5) is 36.1. The van der Waals surface area contributed by atoms with E-state index in [2.05, 4.69) is 28.1 Å². The van der Waals surface area contributed by atoms with Crippen LogP contribution in [0.5, 0.6) is 17.2 Å². The molecule has 13 nitrogen and oxygen atoms in total. The molecule has 1 atom stereocenters. The lowest BCUT2D eigenvalue weighted by Gasteiger charge is -2.43. The zero-order valence-electron chi connectivity index (χ0n) is 30.1. The Morgan fingerprint density at radius 2 is 1.65 bits per heavy atom. The van der Waals surface area contributed by atoms with Gasteiger partial charge in [-0.25, -0.2) is 13.2 Å². The van der Waals surface area contributed by atoms with E-state index in [1.54, 1.807) is 36.1 Å². The molecule has 0 radical (unpaired) electrons. The number of urea groups is 1. The van der Waals surface area contributed by atoms with Gasteiger partial charge in [0.25, 0.3) is 15.9 Å². The maximum atomic E-state index is 15.2. The molecule has 0 aromatic heterocycles. The van der Waals surface area contributed by atoms with Gasteiger partial charge in [-0.2, -0.15) is 9.57 Å². The number of carbonyl (C=O) groups excluding carboxylic acids is 2. The largest absolute Gasteiger partial charge is 0.497 e. The van der Waals surface area contributed by atoms with Crippen LogP contribution in [-0.2, 0) is 20.4 Å². The van der Waals surface area contributed by atoms with Crippen molar-refractivity contribution in [2.45, 2.75) is 49.6 Å². The normalized spacial score (nSPS) is 19.9. The van der Waals surface area contributed by atoms with Crippen LogP contribution < -0.4 is 23.8 Å². The minimum atomic E-state index is -4.68. The maximum Gasteiger partial charge on any atom is 0.318 e. The molecular formula is C38H46N6O7S. The van der Waals surface area contributed by atoms with Crippen molar-refractivity contribution in [3.8, 4) is 23.3 Å². The Balaban J connectivity index is 1.40. The highest BCUT2D eigenvalue weighted by Gasteiger charge is 2.59. The van der Waals surface area contributed by atoms with Gasteiger partial charge in [-0.1, -0.05) is 25.1 Å².